The van der Waals surface area contributed by atoms with Crippen molar-refractivity contribution in [2.75, 3.05) is 5.32 Å². The Morgan fingerprint density at radius 3 is 2.68 bits per heavy atom. The maximum absolute atomic E-state index is 13.2. The van der Waals surface area contributed by atoms with Crippen molar-refractivity contribution in [1.82, 2.24) is 0 Å². The van der Waals surface area contributed by atoms with Crippen LogP contribution in [0.4, 0.5) is 10.1 Å². The number of carbonyl (C=O) groups excluding carboxylic acids is 1. The third kappa shape index (κ3) is 4.31. The highest BCUT2D eigenvalue weighted by Gasteiger charge is 2.20. The Balaban J connectivity index is 1.69. The average Bonchev–Trinajstić information content (AvgIpc) is 2.62. The van der Waals surface area contributed by atoms with Crippen LogP contribution in [-0.2, 0) is 17.6 Å². The van der Waals surface area contributed by atoms with Crippen LogP contribution < -0.4 is 10.1 Å². The zero-order chi connectivity index (χ0) is 17.8. The van der Waals surface area contributed by atoms with Crippen LogP contribution in [0.5, 0.6) is 5.75 Å². The summed E-state index contributed by atoms with van der Waals surface area (Å²) < 4.78 is 19.1. The zero-order valence-electron chi connectivity index (χ0n) is 14.1. The van der Waals surface area contributed by atoms with Gasteiger partial charge in [-0.05, 0) is 73.6 Å². The van der Waals surface area contributed by atoms with E-state index in [0.717, 1.165) is 12.8 Å². The molecule has 0 radical (unpaired) electrons. The fourth-order valence-electron chi connectivity index (χ4n) is 3.07. The highest BCUT2D eigenvalue weighted by molar-refractivity contribution is 6.31. The standard InChI is InChI=1S/C20H21ClFNO2/c1-2-19(20(24)23-15-8-10-18(22)17(21)12-15)25-16-9-7-13-5-3-4-6-14(13)11-16/h7-12,19H,2-6H2,1H3,(H,23,24)/t19-/m0/s1. The largest absolute Gasteiger partial charge is 0.481 e. The van der Waals surface area contributed by atoms with E-state index >= 15 is 0 Å². The molecule has 0 spiro atoms. The minimum atomic E-state index is -0.620. The van der Waals surface area contributed by atoms with Crippen LogP contribution in [0.2, 0.25) is 5.02 Å². The molecule has 0 saturated heterocycles. The summed E-state index contributed by atoms with van der Waals surface area (Å²) >= 11 is 5.75. The third-order valence-corrected chi connectivity index (χ3v) is 4.74. The van der Waals surface area contributed by atoms with Crippen LogP contribution in [0.3, 0.4) is 0 Å². The van der Waals surface area contributed by atoms with Crippen LogP contribution in [0.1, 0.15) is 37.3 Å². The number of carbonyl (C=O) groups is 1. The lowest BCUT2D eigenvalue weighted by Gasteiger charge is -2.20. The first-order valence-electron chi connectivity index (χ1n) is 8.61. The molecule has 0 bridgehead atoms. The molecule has 2 aromatic rings. The summed E-state index contributed by atoms with van der Waals surface area (Å²) in [5.74, 6) is -0.0836. The molecule has 1 N–H and O–H groups in total. The molecule has 1 amide bonds. The van der Waals surface area contributed by atoms with Gasteiger partial charge in [-0.25, -0.2) is 4.39 Å². The van der Waals surface area contributed by atoms with Crippen molar-refractivity contribution in [1.29, 1.82) is 0 Å². The number of benzene rings is 2. The Bertz CT molecular complexity index is 778. The molecule has 3 rings (SSSR count). The van der Waals surface area contributed by atoms with E-state index in [9.17, 15) is 9.18 Å². The van der Waals surface area contributed by atoms with Gasteiger partial charge < -0.3 is 10.1 Å². The van der Waals surface area contributed by atoms with Crippen LogP contribution in [0.25, 0.3) is 0 Å². The number of nitrogens with one attached hydrogen (secondary N) is 1. The van der Waals surface area contributed by atoms with Crippen LogP contribution in [-0.4, -0.2) is 12.0 Å². The fourth-order valence-corrected chi connectivity index (χ4v) is 3.25. The van der Waals surface area contributed by atoms with Crippen LogP contribution in [0, 0.1) is 5.82 Å². The monoisotopic (exact) mass is 361 g/mol. The number of hydrogen-bond donors (Lipinski definition) is 1. The first kappa shape index (κ1) is 17.7. The Morgan fingerprint density at radius 2 is 1.96 bits per heavy atom. The lowest BCUT2D eigenvalue weighted by Crippen LogP contribution is -2.32. The Morgan fingerprint density at radius 1 is 1.20 bits per heavy atom. The van der Waals surface area contributed by atoms with Crippen molar-refractivity contribution in [2.24, 2.45) is 0 Å². The van der Waals surface area contributed by atoms with Crippen molar-refractivity contribution >= 4 is 23.2 Å². The van der Waals surface area contributed by atoms with E-state index in [2.05, 4.69) is 11.4 Å². The second-order valence-corrected chi connectivity index (χ2v) is 6.68. The van der Waals surface area contributed by atoms with E-state index in [4.69, 9.17) is 16.3 Å². The van der Waals surface area contributed by atoms with Crippen molar-refractivity contribution in [3.63, 3.8) is 0 Å². The molecule has 0 aromatic heterocycles. The van der Waals surface area contributed by atoms with Crippen LogP contribution in [0.15, 0.2) is 36.4 Å². The Labute approximate surface area is 152 Å². The van der Waals surface area contributed by atoms with Crippen molar-refractivity contribution < 1.29 is 13.9 Å². The summed E-state index contributed by atoms with van der Waals surface area (Å²) in [5, 5.41) is 2.70. The SMILES string of the molecule is CC[C@H](Oc1ccc2c(c1)CCCC2)C(=O)Nc1ccc(F)c(Cl)c1. The van der Waals surface area contributed by atoms with Gasteiger partial charge in [0.25, 0.3) is 5.91 Å². The second-order valence-electron chi connectivity index (χ2n) is 6.27. The summed E-state index contributed by atoms with van der Waals surface area (Å²) in [6, 6.07) is 10.1. The molecule has 0 unspecified atom stereocenters. The summed E-state index contributed by atoms with van der Waals surface area (Å²) in [6.45, 7) is 1.89. The van der Waals surface area contributed by atoms with Crippen LogP contribution >= 0.6 is 11.6 Å². The fraction of sp³-hybridized carbons (Fsp3) is 0.350. The van der Waals surface area contributed by atoms with E-state index in [1.807, 2.05) is 19.1 Å². The molecule has 1 atom stereocenters. The molecule has 0 aliphatic heterocycles. The molecule has 25 heavy (non-hydrogen) atoms. The molecule has 1 aliphatic carbocycles. The molecule has 5 heteroatoms. The van der Waals surface area contributed by atoms with Gasteiger partial charge >= 0.3 is 0 Å². The number of hydrogen-bond acceptors (Lipinski definition) is 2. The van der Waals surface area contributed by atoms with Crippen molar-refractivity contribution in [3.8, 4) is 5.75 Å². The number of aryl methyl sites for hydroxylation is 2. The summed E-state index contributed by atoms with van der Waals surface area (Å²) in [6.07, 6.45) is 4.50. The van der Waals surface area contributed by atoms with E-state index in [-0.39, 0.29) is 10.9 Å². The second kappa shape index (κ2) is 7.87. The van der Waals surface area contributed by atoms with Gasteiger partial charge in [-0.2, -0.15) is 0 Å². The lowest BCUT2D eigenvalue weighted by molar-refractivity contribution is -0.122. The zero-order valence-corrected chi connectivity index (χ0v) is 14.9. The summed E-state index contributed by atoms with van der Waals surface area (Å²) in [5.41, 5.74) is 3.13. The number of ether oxygens (including phenoxy) is 1. The molecular formula is C20H21ClFNO2. The van der Waals surface area contributed by atoms with Gasteiger partial charge in [-0.1, -0.05) is 24.6 Å². The minimum absolute atomic E-state index is 0.0264. The molecule has 0 saturated carbocycles. The average molecular weight is 362 g/mol. The summed E-state index contributed by atoms with van der Waals surface area (Å²) in [4.78, 5) is 12.5. The van der Waals surface area contributed by atoms with Gasteiger partial charge in [0, 0.05) is 5.69 Å². The molecule has 0 heterocycles. The number of rotatable bonds is 5. The van der Waals surface area contributed by atoms with Crippen molar-refractivity contribution in [2.45, 2.75) is 45.1 Å². The Kier molecular flexibility index (Phi) is 5.59. The third-order valence-electron chi connectivity index (χ3n) is 4.45. The lowest BCUT2D eigenvalue weighted by atomic mass is 9.92. The van der Waals surface area contributed by atoms with E-state index in [1.54, 1.807) is 0 Å². The number of amides is 1. The predicted octanol–water partition coefficient (Wildman–Crippen LogP) is 5.15. The van der Waals surface area contributed by atoms with Gasteiger partial charge in [-0.15, -0.1) is 0 Å². The van der Waals surface area contributed by atoms with Gasteiger partial charge in [0.15, 0.2) is 6.10 Å². The van der Waals surface area contributed by atoms with Crippen molar-refractivity contribution in [3.05, 3.63) is 58.4 Å². The van der Waals surface area contributed by atoms with Gasteiger partial charge in [0.1, 0.15) is 11.6 Å². The van der Waals surface area contributed by atoms with Gasteiger partial charge in [0.2, 0.25) is 0 Å². The molecule has 3 nitrogen and oxygen atoms in total. The maximum atomic E-state index is 13.2. The first-order chi connectivity index (χ1) is 12.1. The molecule has 1 aliphatic rings. The highest BCUT2D eigenvalue weighted by Crippen LogP contribution is 2.26. The van der Waals surface area contributed by atoms with Gasteiger partial charge in [-0.3, -0.25) is 4.79 Å². The molecule has 0 fully saturated rings. The smallest absolute Gasteiger partial charge is 0.265 e. The number of halogens is 2. The maximum Gasteiger partial charge on any atom is 0.265 e. The predicted molar refractivity (Wildman–Crippen MR) is 97.8 cm³/mol. The van der Waals surface area contributed by atoms with E-state index < -0.39 is 11.9 Å². The normalized spacial score (nSPS) is 14.5. The number of fused-ring (bicyclic) bond motifs is 1. The van der Waals surface area contributed by atoms with Gasteiger partial charge in [0.05, 0.1) is 5.02 Å². The molecule has 2 aromatic carbocycles. The topological polar surface area (TPSA) is 38.3 Å². The number of anilines is 1. The molecular weight excluding hydrogens is 341 g/mol. The Hall–Kier alpha value is -2.07. The highest BCUT2D eigenvalue weighted by atomic mass is 35.5. The van der Waals surface area contributed by atoms with E-state index in [1.165, 1.54) is 42.2 Å². The minimum Gasteiger partial charge on any atom is -0.481 e. The quantitative estimate of drug-likeness (QED) is 0.799. The molecule has 132 valence electrons. The first-order valence-corrected chi connectivity index (χ1v) is 8.99. The summed E-state index contributed by atoms with van der Waals surface area (Å²) in [7, 11) is 0. The van der Waals surface area contributed by atoms with E-state index in [0.29, 0.717) is 17.9 Å².